The van der Waals surface area contributed by atoms with Crippen molar-refractivity contribution < 1.29 is 4.74 Å². The zero-order valence-corrected chi connectivity index (χ0v) is 10.00. The maximum atomic E-state index is 8.82. The van der Waals surface area contributed by atoms with Crippen LogP contribution in [0.4, 0.5) is 5.69 Å². The van der Waals surface area contributed by atoms with Crippen molar-refractivity contribution in [1.29, 1.82) is 5.26 Å². The summed E-state index contributed by atoms with van der Waals surface area (Å²) in [5.41, 5.74) is 6.08. The second-order valence-corrected chi connectivity index (χ2v) is 3.74. The van der Waals surface area contributed by atoms with Crippen LogP contribution in [0.5, 0.6) is 11.6 Å². The summed E-state index contributed by atoms with van der Waals surface area (Å²) in [5, 5.41) is 13.0. The van der Waals surface area contributed by atoms with Crippen LogP contribution >= 0.6 is 0 Å². The van der Waals surface area contributed by atoms with Crippen LogP contribution in [0.2, 0.25) is 0 Å². The van der Waals surface area contributed by atoms with Gasteiger partial charge < -0.3 is 10.5 Å². The molecular weight excluding hydrogens is 230 g/mol. The molecule has 0 aliphatic heterocycles. The number of ether oxygens (including phenoxy) is 1. The Labute approximate surface area is 105 Å². The van der Waals surface area contributed by atoms with Crippen molar-refractivity contribution in [3.63, 3.8) is 0 Å². The Balaban J connectivity index is 2.15. The van der Waals surface area contributed by atoms with E-state index >= 15 is 0 Å². The third-order valence-corrected chi connectivity index (χ3v) is 2.29. The van der Waals surface area contributed by atoms with Gasteiger partial charge in [-0.05, 0) is 12.5 Å². The minimum absolute atomic E-state index is 0.161. The molecule has 6 nitrogen and oxygen atoms in total. The molecule has 2 heterocycles. The SMILES string of the molecule is CCCn1cc(Oc2ccc(N)c(C#N)n2)cn1. The van der Waals surface area contributed by atoms with Crippen molar-refractivity contribution in [2.45, 2.75) is 19.9 Å². The van der Waals surface area contributed by atoms with Gasteiger partial charge in [0.1, 0.15) is 6.07 Å². The minimum atomic E-state index is 0.161. The molecule has 0 aromatic carbocycles. The number of nitriles is 1. The molecule has 2 rings (SSSR count). The predicted molar refractivity (Wildman–Crippen MR) is 66.0 cm³/mol. The standard InChI is InChI=1S/C12H13N5O/c1-2-5-17-8-9(7-15-17)18-12-4-3-10(14)11(6-13)16-12/h3-4,7-8H,2,5,14H2,1H3. The van der Waals surface area contributed by atoms with Gasteiger partial charge in [-0.2, -0.15) is 10.4 Å². The lowest BCUT2D eigenvalue weighted by atomic mass is 10.3. The van der Waals surface area contributed by atoms with E-state index in [0.29, 0.717) is 17.3 Å². The van der Waals surface area contributed by atoms with Crippen molar-refractivity contribution in [3.05, 3.63) is 30.2 Å². The van der Waals surface area contributed by atoms with Crippen LogP contribution in [0.25, 0.3) is 0 Å². The van der Waals surface area contributed by atoms with E-state index in [1.807, 2.05) is 6.07 Å². The van der Waals surface area contributed by atoms with Crippen LogP contribution in [0.1, 0.15) is 19.0 Å². The van der Waals surface area contributed by atoms with Gasteiger partial charge in [-0.1, -0.05) is 6.92 Å². The molecule has 0 amide bonds. The maximum absolute atomic E-state index is 8.82. The van der Waals surface area contributed by atoms with Gasteiger partial charge in [-0.15, -0.1) is 0 Å². The van der Waals surface area contributed by atoms with Crippen molar-refractivity contribution in [2.75, 3.05) is 5.73 Å². The number of nitrogen functional groups attached to an aromatic ring is 1. The Morgan fingerprint density at radius 1 is 1.50 bits per heavy atom. The number of aryl methyl sites for hydroxylation is 1. The molecule has 0 aliphatic carbocycles. The molecule has 2 aromatic rings. The summed E-state index contributed by atoms with van der Waals surface area (Å²) in [6, 6.07) is 5.12. The average Bonchev–Trinajstić information content (AvgIpc) is 2.80. The zero-order valence-electron chi connectivity index (χ0n) is 10.00. The Morgan fingerprint density at radius 3 is 3.06 bits per heavy atom. The first-order valence-corrected chi connectivity index (χ1v) is 5.60. The van der Waals surface area contributed by atoms with Crippen LogP contribution in [0.3, 0.4) is 0 Å². The zero-order chi connectivity index (χ0) is 13.0. The Kier molecular flexibility index (Phi) is 3.44. The quantitative estimate of drug-likeness (QED) is 0.886. The highest BCUT2D eigenvalue weighted by atomic mass is 16.5. The summed E-state index contributed by atoms with van der Waals surface area (Å²) in [4.78, 5) is 4.00. The molecule has 0 spiro atoms. The second kappa shape index (κ2) is 5.19. The fraction of sp³-hybridized carbons (Fsp3) is 0.250. The summed E-state index contributed by atoms with van der Waals surface area (Å²) in [6.45, 7) is 2.91. The largest absolute Gasteiger partial charge is 0.436 e. The minimum Gasteiger partial charge on any atom is -0.436 e. The van der Waals surface area contributed by atoms with E-state index in [2.05, 4.69) is 17.0 Å². The smallest absolute Gasteiger partial charge is 0.220 e. The van der Waals surface area contributed by atoms with Crippen LogP contribution in [0.15, 0.2) is 24.5 Å². The molecule has 2 N–H and O–H groups in total. The van der Waals surface area contributed by atoms with Crippen LogP contribution in [-0.4, -0.2) is 14.8 Å². The average molecular weight is 243 g/mol. The van der Waals surface area contributed by atoms with Crippen molar-refractivity contribution in [3.8, 4) is 17.7 Å². The number of pyridine rings is 1. The maximum Gasteiger partial charge on any atom is 0.220 e. The van der Waals surface area contributed by atoms with E-state index in [-0.39, 0.29) is 5.69 Å². The van der Waals surface area contributed by atoms with Crippen LogP contribution in [-0.2, 0) is 6.54 Å². The molecular formula is C12H13N5O. The topological polar surface area (TPSA) is 89.8 Å². The molecule has 0 saturated carbocycles. The molecule has 92 valence electrons. The van der Waals surface area contributed by atoms with Gasteiger partial charge >= 0.3 is 0 Å². The Morgan fingerprint density at radius 2 is 2.33 bits per heavy atom. The first kappa shape index (κ1) is 11.9. The van der Waals surface area contributed by atoms with Crippen molar-refractivity contribution in [2.24, 2.45) is 0 Å². The Hall–Kier alpha value is -2.55. The molecule has 0 aliphatic rings. The number of nitrogens with two attached hydrogens (primary N) is 1. The summed E-state index contributed by atoms with van der Waals surface area (Å²) in [6.07, 6.45) is 4.40. The number of rotatable bonds is 4. The van der Waals surface area contributed by atoms with Crippen LogP contribution < -0.4 is 10.5 Å². The highest BCUT2D eigenvalue weighted by molar-refractivity contribution is 5.51. The highest BCUT2D eigenvalue weighted by Crippen LogP contribution is 2.20. The van der Waals surface area contributed by atoms with Gasteiger partial charge in [0.15, 0.2) is 11.4 Å². The van der Waals surface area contributed by atoms with Crippen LogP contribution in [0, 0.1) is 11.3 Å². The summed E-state index contributed by atoms with van der Waals surface area (Å²) >= 11 is 0. The van der Waals surface area contributed by atoms with E-state index < -0.39 is 0 Å². The third kappa shape index (κ3) is 2.58. The van der Waals surface area contributed by atoms with Crippen molar-refractivity contribution in [1.82, 2.24) is 14.8 Å². The fourth-order valence-corrected chi connectivity index (χ4v) is 1.47. The van der Waals surface area contributed by atoms with Gasteiger partial charge in [0.2, 0.25) is 5.88 Å². The number of anilines is 1. The summed E-state index contributed by atoms with van der Waals surface area (Å²) in [7, 11) is 0. The molecule has 0 unspecified atom stereocenters. The predicted octanol–water partition coefficient (Wildman–Crippen LogP) is 1.93. The highest BCUT2D eigenvalue weighted by Gasteiger charge is 2.05. The van der Waals surface area contributed by atoms with Gasteiger partial charge in [0, 0.05) is 12.6 Å². The lowest BCUT2D eigenvalue weighted by molar-refractivity contribution is 0.461. The Bertz CT molecular complexity index is 584. The molecule has 0 atom stereocenters. The second-order valence-electron chi connectivity index (χ2n) is 3.74. The monoisotopic (exact) mass is 243 g/mol. The summed E-state index contributed by atoms with van der Waals surface area (Å²) < 4.78 is 7.29. The van der Waals surface area contributed by atoms with Crippen molar-refractivity contribution >= 4 is 5.69 Å². The van der Waals surface area contributed by atoms with Gasteiger partial charge in [0.25, 0.3) is 0 Å². The van der Waals surface area contributed by atoms with E-state index in [1.165, 1.54) is 0 Å². The van der Waals surface area contributed by atoms with E-state index in [1.54, 1.807) is 29.2 Å². The molecule has 18 heavy (non-hydrogen) atoms. The van der Waals surface area contributed by atoms with Gasteiger partial charge in [-0.3, -0.25) is 4.68 Å². The van der Waals surface area contributed by atoms with Gasteiger partial charge in [0.05, 0.1) is 18.1 Å². The van der Waals surface area contributed by atoms with E-state index in [0.717, 1.165) is 13.0 Å². The van der Waals surface area contributed by atoms with Gasteiger partial charge in [-0.25, -0.2) is 4.98 Å². The molecule has 0 bridgehead atoms. The fourth-order valence-electron chi connectivity index (χ4n) is 1.47. The summed E-state index contributed by atoms with van der Waals surface area (Å²) in [5.74, 6) is 0.918. The molecule has 2 aromatic heterocycles. The normalized spacial score (nSPS) is 10.0. The number of nitrogens with zero attached hydrogens (tertiary/aromatic N) is 4. The lowest BCUT2D eigenvalue weighted by Crippen LogP contribution is -1.96. The van der Waals surface area contributed by atoms with E-state index in [9.17, 15) is 0 Å². The first-order chi connectivity index (χ1) is 8.72. The number of aromatic nitrogens is 3. The molecule has 6 heteroatoms. The lowest BCUT2D eigenvalue weighted by Gasteiger charge is -2.03. The molecule has 0 saturated heterocycles. The third-order valence-electron chi connectivity index (χ3n) is 2.29. The molecule has 0 radical (unpaired) electrons. The van der Waals surface area contributed by atoms with E-state index in [4.69, 9.17) is 15.7 Å². The molecule has 0 fully saturated rings. The number of hydrogen-bond donors (Lipinski definition) is 1. The number of hydrogen-bond acceptors (Lipinski definition) is 5. The first-order valence-electron chi connectivity index (χ1n) is 5.60.